The van der Waals surface area contributed by atoms with Crippen molar-refractivity contribution >= 4 is 23.5 Å². The van der Waals surface area contributed by atoms with Crippen LogP contribution < -0.4 is 0 Å². The lowest BCUT2D eigenvalue weighted by Crippen LogP contribution is -2.40. The van der Waals surface area contributed by atoms with Gasteiger partial charge in [0.15, 0.2) is 0 Å². The zero-order valence-corrected chi connectivity index (χ0v) is 13.5. The smallest absolute Gasteiger partial charge is 0.390 e. The summed E-state index contributed by atoms with van der Waals surface area (Å²) in [5, 5.41) is 26.8. The van der Waals surface area contributed by atoms with Gasteiger partial charge in [-0.05, 0) is 19.3 Å². The van der Waals surface area contributed by atoms with Gasteiger partial charge in [-0.15, -0.1) is 0 Å². The summed E-state index contributed by atoms with van der Waals surface area (Å²) in [4.78, 5) is 40.2. The van der Waals surface area contributed by atoms with Gasteiger partial charge in [0.1, 0.15) is 6.10 Å². The molecule has 0 bridgehead atoms. The van der Waals surface area contributed by atoms with Gasteiger partial charge in [0, 0.05) is 0 Å². The lowest BCUT2D eigenvalue weighted by atomic mass is 9.92. The maximum atomic E-state index is 10.4. The molecule has 0 saturated heterocycles. The van der Waals surface area contributed by atoms with Crippen LogP contribution in [0.5, 0.6) is 0 Å². The molecule has 13 nitrogen and oxygen atoms in total. The molecule has 2 atom stereocenters. The summed E-state index contributed by atoms with van der Waals surface area (Å²) in [6.45, 7) is 0. The van der Waals surface area contributed by atoms with Gasteiger partial charge >= 0.3 is 23.5 Å². The van der Waals surface area contributed by atoms with Crippen LogP contribution in [0.2, 0.25) is 0 Å². The highest BCUT2D eigenvalue weighted by Crippen LogP contribution is 2.64. The molecule has 0 aromatic carbocycles. The predicted octanol–water partition coefficient (Wildman–Crippen LogP) is -1.44. The first-order valence-corrected chi connectivity index (χ1v) is 10.1. The lowest BCUT2D eigenvalue weighted by Gasteiger charge is -2.27. The minimum atomic E-state index is -5.46. The summed E-state index contributed by atoms with van der Waals surface area (Å²) in [6, 6.07) is 0. The highest BCUT2D eigenvalue weighted by molar-refractivity contribution is 7.66. The maximum Gasteiger partial charge on any atom is 0.490 e. The van der Waals surface area contributed by atoms with Crippen LogP contribution in [0.15, 0.2) is 0 Å². The van der Waals surface area contributed by atoms with E-state index in [1.54, 1.807) is 0 Å². The van der Waals surface area contributed by atoms with Crippen LogP contribution in [-0.4, -0.2) is 58.1 Å². The number of phosphoric acid groups is 3. The van der Waals surface area contributed by atoms with Gasteiger partial charge in [-0.25, -0.2) is 13.7 Å². The molecule has 0 aliphatic heterocycles. The average Bonchev–Trinajstić information content (AvgIpc) is 2.19. The monoisotopic (exact) mass is 390 g/mol. The maximum absolute atomic E-state index is 10.4. The standard InChI is InChI=1S/C6H12O3.H5O10P3/c7-4-2-1-3-5(8)6(4)9;1-11(2,3)9-13(7,8)10-12(4,5)6/h4-9H,1-3H2;(H,7,8)(H2,1,2,3)(H2,4,5,6). The van der Waals surface area contributed by atoms with Gasteiger partial charge in [-0.1, -0.05) is 0 Å². The Labute approximate surface area is 124 Å². The molecule has 2 unspecified atom stereocenters. The van der Waals surface area contributed by atoms with Crippen molar-refractivity contribution < 1.29 is 62.1 Å². The summed E-state index contributed by atoms with van der Waals surface area (Å²) in [6.07, 6.45) is -0.322. The Morgan fingerprint density at radius 2 is 1.05 bits per heavy atom. The minimum absolute atomic E-state index is 0.609. The molecule has 0 heterocycles. The highest BCUT2D eigenvalue weighted by Gasteiger charge is 2.38. The van der Waals surface area contributed by atoms with Crippen molar-refractivity contribution in [3.63, 3.8) is 0 Å². The van der Waals surface area contributed by atoms with E-state index in [2.05, 4.69) is 8.62 Å². The van der Waals surface area contributed by atoms with Crippen LogP contribution in [0.25, 0.3) is 0 Å². The van der Waals surface area contributed by atoms with Crippen molar-refractivity contribution in [3.05, 3.63) is 0 Å². The average molecular weight is 390 g/mol. The van der Waals surface area contributed by atoms with Crippen molar-refractivity contribution in [1.29, 1.82) is 0 Å². The zero-order chi connectivity index (χ0) is 17.8. The molecule has 0 amide bonds. The summed E-state index contributed by atoms with van der Waals surface area (Å²) >= 11 is 0. The van der Waals surface area contributed by atoms with E-state index in [1.807, 2.05) is 0 Å². The molecule has 0 radical (unpaired) electrons. The second kappa shape index (κ2) is 8.41. The number of hydrogen-bond donors (Lipinski definition) is 8. The molecule has 1 fully saturated rings. The third-order valence-corrected chi connectivity index (χ3v) is 5.56. The summed E-state index contributed by atoms with van der Waals surface area (Å²) in [7, 11) is -16.2. The molecular formula is C6H17O13P3. The van der Waals surface area contributed by atoms with Crippen LogP contribution in [0.1, 0.15) is 19.3 Å². The second-order valence-electron chi connectivity index (χ2n) is 4.17. The lowest BCUT2D eigenvalue weighted by molar-refractivity contribution is -0.0843. The zero-order valence-electron chi connectivity index (χ0n) is 10.8. The fourth-order valence-electron chi connectivity index (χ4n) is 1.42. The number of hydrogen-bond acceptors (Lipinski definition) is 8. The van der Waals surface area contributed by atoms with E-state index in [9.17, 15) is 13.7 Å². The predicted molar refractivity (Wildman–Crippen MR) is 68.0 cm³/mol. The summed E-state index contributed by atoms with van der Waals surface area (Å²) < 4.78 is 36.4. The molecule has 1 rings (SSSR count). The van der Waals surface area contributed by atoms with Crippen molar-refractivity contribution in [2.45, 2.75) is 37.6 Å². The first kappa shape index (κ1) is 22.3. The number of aliphatic hydroxyl groups excluding tert-OH is 3. The molecular weight excluding hydrogens is 373 g/mol. The Balaban J connectivity index is 0.000000425. The molecule has 0 spiro atoms. The summed E-state index contributed by atoms with van der Waals surface area (Å²) in [5.41, 5.74) is 0. The topological polar surface area (TPSA) is 232 Å². The Morgan fingerprint density at radius 1 is 0.727 bits per heavy atom. The van der Waals surface area contributed by atoms with Gasteiger partial charge in [-0.2, -0.15) is 8.62 Å². The first-order chi connectivity index (χ1) is 9.63. The van der Waals surface area contributed by atoms with E-state index in [0.29, 0.717) is 12.8 Å². The quantitative estimate of drug-likeness (QED) is 0.257. The Kier molecular flexibility index (Phi) is 8.52. The van der Waals surface area contributed by atoms with Crippen LogP contribution in [-0.2, 0) is 22.3 Å². The Morgan fingerprint density at radius 3 is 1.27 bits per heavy atom. The van der Waals surface area contributed by atoms with Gasteiger partial charge in [0.25, 0.3) is 0 Å². The van der Waals surface area contributed by atoms with Crippen LogP contribution in [0.4, 0.5) is 0 Å². The van der Waals surface area contributed by atoms with Crippen molar-refractivity contribution in [2.24, 2.45) is 0 Å². The second-order valence-corrected chi connectivity index (χ2v) is 8.38. The molecule has 22 heavy (non-hydrogen) atoms. The molecule has 0 aromatic heterocycles. The van der Waals surface area contributed by atoms with Crippen molar-refractivity contribution in [3.8, 4) is 0 Å². The molecule has 1 aliphatic rings. The van der Waals surface area contributed by atoms with Gasteiger partial charge in [-0.3, -0.25) is 0 Å². The Bertz CT molecular complexity index is 442. The molecule has 1 aliphatic carbocycles. The van der Waals surface area contributed by atoms with Gasteiger partial charge in [0.05, 0.1) is 12.2 Å². The fourth-order valence-corrected chi connectivity index (χ4v) is 3.96. The third-order valence-electron chi connectivity index (χ3n) is 2.21. The van der Waals surface area contributed by atoms with E-state index in [1.165, 1.54) is 0 Å². The molecule has 8 N–H and O–H groups in total. The largest absolute Gasteiger partial charge is 0.490 e. The van der Waals surface area contributed by atoms with Crippen LogP contribution in [0, 0.1) is 0 Å². The SMILES string of the molecule is O=P(O)(O)OP(=O)(O)OP(=O)(O)O.OC1CCCC(O)C1O. The minimum Gasteiger partial charge on any atom is -0.390 e. The van der Waals surface area contributed by atoms with Crippen LogP contribution >= 0.6 is 23.5 Å². The summed E-state index contributed by atoms with van der Waals surface area (Å²) in [5.74, 6) is 0. The molecule has 1 saturated carbocycles. The van der Waals surface area contributed by atoms with E-state index in [4.69, 9.17) is 39.8 Å². The van der Waals surface area contributed by atoms with Gasteiger partial charge < -0.3 is 39.8 Å². The van der Waals surface area contributed by atoms with Crippen molar-refractivity contribution in [1.82, 2.24) is 0 Å². The van der Waals surface area contributed by atoms with E-state index < -0.39 is 41.8 Å². The van der Waals surface area contributed by atoms with Crippen LogP contribution in [0.3, 0.4) is 0 Å². The number of rotatable bonds is 4. The molecule has 0 aromatic rings. The number of aliphatic hydroxyl groups is 3. The fraction of sp³-hybridized carbons (Fsp3) is 1.00. The molecule has 16 heteroatoms. The first-order valence-electron chi connectivity index (χ1n) is 5.54. The normalized spacial score (nSPS) is 27.0. The van der Waals surface area contributed by atoms with E-state index >= 15 is 0 Å². The Hall–Kier alpha value is 0.290. The molecule has 134 valence electrons. The van der Waals surface area contributed by atoms with Crippen molar-refractivity contribution in [2.75, 3.05) is 0 Å². The van der Waals surface area contributed by atoms with E-state index in [-0.39, 0.29) is 0 Å². The highest BCUT2D eigenvalue weighted by atomic mass is 31.3. The van der Waals surface area contributed by atoms with E-state index in [0.717, 1.165) is 6.42 Å². The third kappa shape index (κ3) is 10.9. The van der Waals surface area contributed by atoms with Gasteiger partial charge in [0.2, 0.25) is 0 Å².